The minimum Gasteiger partial charge on any atom is -0.508 e. The van der Waals surface area contributed by atoms with E-state index in [1.165, 1.54) is 43.3 Å². The van der Waals surface area contributed by atoms with Gasteiger partial charge in [-0.3, -0.25) is 86.3 Å². The topological polar surface area (TPSA) is 640 Å². The van der Waals surface area contributed by atoms with Gasteiger partial charge < -0.3 is 126 Å². The molecule has 128 heavy (non-hydrogen) atoms. The summed E-state index contributed by atoms with van der Waals surface area (Å²) in [6.07, 6.45) is 2.14. The van der Waals surface area contributed by atoms with Gasteiger partial charge >= 0.3 is 11.9 Å². The number of likely N-dealkylation sites (N-methyl/N-ethyl adjacent to an activating group) is 2. The predicted molar refractivity (Wildman–Crippen MR) is 465 cm³/mol. The number of benzene rings is 3. The van der Waals surface area contributed by atoms with Crippen LogP contribution in [-0.4, -0.2) is 312 Å². The number of unbranched alkanes of at least 4 members (excludes halogenated alkanes) is 2. The number of hydrogen-bond donors (Lipinski definition) is 19. The van der Waals surface area contributed by atoms with Crippen LogP contribution < -0.4 is 76.1 Å². The fraction of sp³-hybridized carbons (Fsp3) is 0.529. The van der Waals surface area contributed by atoms with Gasteiger partial charge in [0, 0.05) is 106 Å². The molecule has 4 aliphatic heterocycles. The average molecular weight is 1800 g/mol. The number of primary amides is 1. The van der Waals surface area contributed by atoms with E-state index in [2.05, 4.69) is 63.1 Å². The van der Waals surface area contributed by atoms with E-state index in [9.17, 15) is 77.6 Å². The van der Waals surface area contributed by atoms with E-state index in [0.717, 1.165) is 31.4 Å². The number of amides is 16. The molecule has 6 heterocycles. The van der Waals surface area contributed by atoms with Crippen molar-refractivity contribution >= 4 is 140 Å². The highest BCUT2D eigenvalue weighted by atomic mass is 32.2. The molecular formula is C85H117N21O21S. The Balaban J connectivity index is 1.07. The van der Waals surface area contributed by atoms with E-state index in [1.807, 2.05) is 13.8 Å². The number of aromatic amines is 2. The molecule has 0 radical (unpaired) electrons. The highest BCUT2D eigenvalue weighted by molar-refractivity contribution is 8.00. The Morgan fingerprint density at radius 2 is 0.875 bits per heavy atom. The number of fused-ring (bicyclic) bond motifs is 5. The Morgan fingerprint density at radius 1 is 0.461 bits per heavy atom. The lowest BCUT2D eigenvalue weighted by molar-refractivity contribution is -0.149. The number of hydrogen-bond acceptors (Lipinski definition) is 23. The number of para-hydroxylation sites is 2. The van der Waals surface area contributed by atoms with Gasteiger partial charge in [-0.25, -0.2) is 0 Å². The number of phenolic OH excluding ortho intramolecular Hbond substituents is 1. The van der Waals surface area contributed by atoms with Crippen LogP contribution in [0.5, 0.6) is 5.75 Å². The van der Waals surface area contributed by atoms with Crippen LogP contribution in [-0.2, 0) is 106 Å². The number of aromatic hydroxyl groups is 1. The number of thioether (sulfide) groups is 1. The van der Waals surface area contributed by atoms with Crippen molar-refractivity contribution in [1.82, 2.24) is 87.6 Å². The molecule has 3 aromatic carbocycles. The van der Waals surface area contributed by atoms with Crippen LogP contribution in [0.15, 0.2) is 85.2 Å². The van der Waals surface area contributed by atoms with Crippen molar-refractivity contribution in [2.75, 3.05) is 71.4 Å². The Morgan fingerprint density at radius 3 is 1.37 bits per heavy atom. The number of carbonyl (C=O) groups excluding carboxylic acids is 16. The SMILES string of the molecule is CCCCC1C(=O)N(C)C(CCCC)C(=O)NC(CN)C(=O)NC(C(=O)NCC(N)=O)CSCC(=O)NC(Cc2ccc(O)cc2)C(=O)N2CCCC2C(=O)NC(CC(=O)O)C(=O)N2CCCC2C(=O)NC(CN)C(=O)NC(CC(=O)O)C(=O)N2CCCC2C(=O)NC(Cc2c[nH]c3ccccc23)C(=O)NC(CCN)C(=O)NC(Cc2c[nH]c3ccccc23)C(=O)N1C. The minimum absolute atomic E-state index is 0.00190. The van der Waals surface area contributed by atoms with Crippen molar-refractivity contribution in [2.24, 2.45) is 22.9 Å². The molecule has 2 aromatic heterocycles. The van der Waals surface area contributed by atoms with Gasteiger partial charge in [-0.05, 0) is 105 Å². The van der Waals surface area contributed by atoms with Crippen molar-refractivity contribution in [3.8, 4) is 5.75 Å². The summed E-state index contributed by atoms with van der Waals surface area (Å²) in [6.45, 7) is 0.983. The summed E-state index contributed by atoms with van der Waals surface area (Å²) in [4.78, 5) is 271. The van der Waals surface area contributed by atoms with Gasteiger partial charge in [0.1, 0.15) is 90.3 Å². The Kier molecular flexibility index (Phi) is 36.5. The maximum absolute atomic E-state index is 15.7. The van der Waals surface area contributed by atoms with E-state index < -0.39 is 235 Å². The second-order valence-electron chi connectivity index (χ2n) is 32.3. The quantitative estimate of drug-likeness (QED) is 0.0299. The minimum atomic E-state index is -1.94. The Labute approximate surface area is 741 Å². The number of nitrogens with two attached hydrogens (primary N) is 4. The third kappa shape index (κ3) is 26.2. The van der Waals surface area contributed by atoms with Crippen LogP contribution in [0.2, 0.25) is 0 Å². The normalized spacial score (nSPS) is 25.3. The highest BCUT2D eigenvalue weighted by Gasteiger charge is 2.47. The molecule has 4 fully saturated rings. The third-order valence-electron chi connectivity index (χ3n) is 23.3. The molecule has 0 bridgehead atoms. The van der Waals surface area contributed by atoms with Crippen LogP contribution in [0.4, 0.5) is 0 Å². The number of rotatable bonds is 23. The molecule has 0 aliphatic carbocycles. The molecule has 23 N–H and O–H groups in total. The average Bonchev–Trinajstić information content (AvgIpc) is 1.57. The van der Waals surface area contributed by atoms with Crippen LogP contribution in [0, 0.1) is 0 Å². The van der Waals surface area contributed by atoms with E-state index in [1.54, 1.807) is 60.9 Å². The van der Waals surface area contributed by atoms with Gasteiger partial charge in [0.15, 0.2) is 0 Å². The molecule has 14 atom stereocenters. The second kappa shape index (κ2) is 47.2. The van der Waals surface area contributed by atoms with Crippen LogP contribution >= 0.6 is 11.8 Å². The summed E-state index contributed by atoms with van der Waals surface area (Å²) in [5.41, 5.74) is 26.7. The summed E-state index contributed by atoms with van der Waals surface area (Å²) in [6, 6.07) is -2.24. The van der Waals surface area contributed by atoms with E-state index in [0.29, 0.717) is 64.2 Å². The molecule has 9 rings (SSSR count). The molecule has 5 aromatic rings. The van der Waals surface area contributed by atoms with Gasteiger partial charge in [0.2, 0.25) is 94.5 Å². The molecule has 14 unspecified atom stereocenters. The van der Waals surface area contributed by atoms with Gasteiger partial charge in [-0.1, -0.05) is 88.1 Å². The van der Waals surface area contributed by atoms with E-state index in [4.69, 9.17) is 22.9 Å². The number of nitrogens with zero attached hydrogens (tertiary/aromatic N) is 5. The molecule has 4 saturated heterocycles. The smallest absolute Gasteiger partial charge is 0.305 e. The predicted octanol–water partition coefficient (Wildman–Crippen LogP) is -3.68. The molecule has 43 heteroatoms. The van der Waals surface area contributed by atoms with Crippen LogP contribution in [0.25, 0.3) is 21.8 Å². The fourth-order valence-electron chi connectivity index (χ4n) is 16.4. The second-order valence-corrected chi connectivity index (χ2v) is 33.4. The zero-order valence-electron chi connectivity index (χ0n) is 71.9. The summed E-state index contributed by atoms with van der Waals surface area (Å²) < 4.78 is 0. The standard InChI is InChI=1S/C85H117N21O21S/c1-5-7-20-63-77(119)99-61(40-88)76(118)101-62(72(114)92-43-68(89)108)44-128-45-69(109)93-56(34-46-25-27-49(107)28-26-46)82(124)104-31-14-23-65(104)79(121)98-59(38-71(112)113)84(126)106-33-15-24-66(106)80(122)100-60(39-87)75(117)97-58(37-70(110)111)83(125)105-32-13-22-64(105)78(120)95-55(35-47-41-90-52-18-11-9-16-50(47)52)74(116)94-54(29-30-86)73(115)96-57(36-48-42-91-53-19-12-10-17-51(48)53)81(123)103(4)67(21-8-6-2)85(127)102(63)3/h9-12,16-19,25-28,41-42,54-67,90-91,107H,5-8,13-15,20-24,29-40,43-45,86-88H2,1-4H3,(H2,89,108)(H,92,114)(H,93,109)(H,94,116)(H,95,120)(H,96,115)(H,97,117)(H,98,121)(H,99,119)(H,100,122)(H,101,118)(H,110,111)(H,112,113). The number of phenols is 1. The summed E-state index contributed by atoms with van der Waals surface area (Å²) in [5.74, 6) is -19.5. The highest BCUT2D eigenvalue weighted by Crippen LogP contribution is 2.28. The molecule has 0 saturated carbocycles. The summed E-state index contributed by atoms with van der Waals surface area (Å²) in [5, 5.41) is 57.7. The molecule has 42 nitrogen and oxygen atoms in total. The zero-order chi connectivity index (χ0) is 93.2. The third-order valence-corrected chi connectivity index (χ3v) is 24.3. The van der Waals surface area contributed by atoms with Crippen LogP contribution in [0.1, 0.15) is 127 Å². The zero-order valence-corrected chi connectivity index (χ0v) is 72.7. The first-order chi connectivity index (χ1) is 61.2. The van der Waals surface area contributed by atoms with Gasteiger partial charge in [0.25, 0.3) is 0 Å². The maximum atomic E-state index is 15.7. The molecule has 16 amide bonds. The van der Waals surface area contributed by atoms with Gasteiger partial charge in [-0.2, -0.15) is 0 Å². The lowest BCUT2D eigenvalue weighted by atomic mass is 10.00. The van der Waals surface area contributed by atoms with E-state index in [-0.39, 0.29) is 109 Å². The molecule has 0 spiro atoms. The number of carboxylic acids is 2. The number of aromatic nitrogens is 2. The molecular weight excluding hydrogens is 1680 g/mol. The van der Waals surface area contributed by atoms with Crippen molar-refractivity contribution in [2.45, 2.75) is 214 Å². The van der Waals surface area contributed by atoms with Crippen LogP contribution in [0.3, 0.4) is 0 Å². The molecule has 4 aliphatic rings. The first-order valence-corrected chi connectivity index (χ1v) is 44.1. The van der Waals surface area contributed by atoms with Gasteiger partial charge in [-0.15, -0.1) is 11.8 Å². The Bertz CT molecular complexity index is 4870. The van der Waals surface area contributed by atoms with Crippen molar-refractivity contribution in [3.05, 3.63) is 102 Å². The number of aliphatic carboxylic acids is 2. The lowest BCUT2D eigenvalue weighted by Gasteiger charge is -2.36. The van der Waals surface area contributed by atoms with Crippen molar-refractivity contribution in [1.29, 1.82) is 0 Å². The number of carbonyl (C=O) groups is 18. The van der Waals surface area contributed by atoms with Crippen molar-refractivity contribution in [3.63, 3.8) is 0 Å². The Hall–Kier alpha value is -12.8. The molecule has 694 valence electrons. The fourth-order valence-corrected chi connectivity index (χ4v) is 17.2. The first kappa shape index (κ1) is 99.0. The number of H-pyrrole nitrogens is 2. The lowest BCUT2D eigenvalue weighted by Crippen LogP contribution is -2.62. The largest absolute Gasteiger partial charge is 0.508 e. The monoisotopic (exact) mass is 1800 g/mol. The maximum Gasteiger partial charge on any atom is 0.305 e. The first-order valence-electron chi connectivity index (χ1n) is 42.9. The van der Waals surface area contributed by atoms with E-state index >= 15 is 24.0 Å². The summed E-state index contributed by atoms with van der Waals surface area (Å²) >= 11 is 0.761. The number of carboxylic acid groups (broad SMARTS) is 2. The summed E-state index contributed by atoms with van der Waals surface area (Å²) in [7, 11) is 2.71. The number of nitrogens with one attached hydrogen (secondary N) is 12. The van der Waals surface area contributed by atoms with Crippen molar-refractivity contribution < 1.29 is 102 Å². The van der Waals surface area contributed by atoms with Gasteiger partial charge in [0.05, 0.1) is 25.1 Å².